The summed E-state index contributed by atoms with van der Waals surface area (Å²) in [5.74, 6) is -2.14. The number of amides is 2. The van der Waals surface area contributed by atoms with Gasteiger partial charge in [-0.25, -0.2) is 0 Å². The lowest BCUT2D eigenvalue weighted by atomic mass is 10.1. The Morgan fingerprint density at radius 1 is 0.594 bits per heavy atom. The van der Waals surface area contributed by atoms with Gasteiger partial charge in [-0.1, -0.05) is 47.5 Å². The zero-order valence-electron chi connectivity index (χ0n) is 17.7. The van der Waals surface area contributed by atoms with E-state index in [1.165, 1.54) is 9.80 Å². The fourth-order valence-corrected chi connectivity index (χ4v) is 4.35. The molecule has 0 saturated carbocycles. The third-order valence-electron chi connectivity index (χ3n) is 6.03. The van der Waals surface area contributed by atoms with Gasteiger partial charge in [0.2, 0.25) is 0 Å². The summed E-state index contributed by atoms with van der Waals surface area (Å²) >= 11 is 0. The highest BCUT2D eigenvalue weighted by atomic mass is 16.2. The average Bonchev–Trinajstić information content (AvgIpc) is 3.15. The Labute approximate surface area is 185 Å². The van der Waals surface area contributed by atoms with Gasteiger partial charge in [0.1, 0.15) is 0 Å². The molecule has 0 aliphatic carbocycles. The number of nitrogens with zero attached hydrogens (tertiary/aromatic N) is 2. The van der Waals surface area contributed by atoms with Crippen molar-refractivity contribution in [1.29, 1.82) is 0 Å². The van der Waals surface area contributed by atoms with E-state index in [-0.39, 0.29) is 13.1 Å². The SMILES string of the molecule is Cc1ccc2c(c1)C(=O)C(=O)N2Cc1ccccc1CN1C(=O)C(=O)c2cc(C)ccc21. The molecule has 5 rings (SSSR count). The van der Waals surface area contributed by atoms with Gasteiger partial charge in [0, 0.05) is 0 Å². The van der Waals surface area contributed by atoms with E-state index in [0.29, 0.717) is 22.5 Å². The maximum absolute atomic E-state index is 12.7. The molecule has 158 valence electrons. The van der Waals surface area contributed by atoms with Crippen molar-refractivity contribution in [1.82, 2.24) is 0 Å². The van der Waals surface area contributed by atoms with Gasteiger partial charge in [-0.2, -0.15) is 0 Å². The predicted octanol–water partition coefficient (Wildman–Crippen LogP) is 3.76. The second kappa shape index (κ2) is 7.27. The molecule has 32 heavy (non-hydrogen) atoms. The quantitative estimate of drug-likeness (QED) is 0.598. The van der Waals surface area contributed by atoms with Gasteiger partial charge in [-0.3, -0.25) is 19.2 Å². The molecule has 3 aromatic carbocycles. The lowest BCUT2D eigenvalue weighted by Gasteiger charge is -2.22. The van der Waals surface area contributed by atoms with E-state index in [2.05, 4.69) is 0 Å². The molecule has 2 aliphatic heterocycles. The number of aryl methyl sites for hydroxylation is 2. The van der Waals surface area contributed by atoms with Gasteiger partial charge in [0.15, 0.2) is 0 Å². The lowest BCUT2D eigenvalue weighted by Crippen LogP contribution is -2.32. The van der Waals surface area contributed by atoms with Gasteiger partial charge in [0.05, 0.1) is 35.6 Å². The number of benzene rings is 3. The van der Waals surface area contributed by atoms with E-state index < -0.39 is 23.4 Å². The molecule has 3 aromatic rings. The van der Waals surface area contributed by atoms with Crippen LogP contribution in [0.5, 0.6) is 0 Å². The molecule has 0 atom stereocenters. The van der Waals surface area contributed by atoms with Crippen molar-refractivity contribution in [3.8, 4) is 0 Å². The first kappa shape index (κ1) is 19.9. The monoisotopic (exact) mass is 424 g/mol. The molecule has 2 aliphatic rings. The molecule has 6 nitrogen and oxygen atoms in total. The number of carbonyl (C=O) groups excluding carboxylic acids is 4. The molecular weight excluding hydrogens is 404 g/mol. The number of hydrogen-bond donors (Lipinski definition) is 0. The topological polar surface area (TPSA) is 74.8 Å². The molecule has 0 spiro atoms. The van der Waals surface area contributed by atoms with Crippen LogP contribution in [0, 0.1) is 13.8 Å². The maximum atomic E-state index is 12.7. The van der Waals surface area contributed by atoms with Crippen LogP contribution in [0.2, 0.25) is 0 Å². The lowest BCUT2D eigenvalue weighted by molar-refractivity contribution is -0.115. The minimum absolute atomic E-state index is 0.202. The summed E-state index contributed by atoms with van der Waals surface area (Å²) in [7, 11) is 0. The number of fused-ring (bicyclic) bond motifs is 2. The Balaban J connectivity index is 1.48. The molecule has 2 heterocycles. The van der Waals surface area contributed by atoms with Gasteiger partial charge < -0.3 is 9.80 Å². The molecule has 0 saturated heterocycles. The van der Waals surface area contributed by atoms with Gasteiger partial charge >= 0.3 is 0 Å². The highest BCUT2D eigenvalue weighted by Crippen LogP contribution is 2.34. The second-order valence-corrected chi connectivity index (χ2v) is 8.25. The van der Waals surface area contributed by atoms with Crippen LogP contribution in [0.25, 0.3) is 0 Å². The molecule has 0 radical (unpaired) electrons. The predicted molar refractivity (Wildman–Crippen MR) is 120 cm³/mol. The van der Waals surface area contributed by atoms with Crippen molar-refractivity contribution in [2.45, 2.75) is 26.9 Å². The molecule has 0 fully saturated rings. The van der Waals surface area contributed by atoms with Crippen molar-refractivity contribution < 1.29 is 19.2 Å². The molecule has 6 heteroatoms. The van der Waals surface area contributed by atoms with Crippen LogP contribution in [-0.2, 0) is 22.7 Å². The van der Waals surface area contributed by atoms with E-state index in [1.54, 1.807) is 24.3 Å². The smallest absolute Gasteiger partial charge is 0.299 e. The van der Waals surface area contributed by atoms with Crippen LogP contribution < -0.4 is 9.80 Å². The highest BCUT2D eigenvalue weighted by Gasteiger charge is 2.38. The fourth-order valence-electron chi connectivity index (χ4n) is 4.35. The number of carbonyl (C=O) groups is 4. The third-order valence-corrected chi connectivity index (χ3v) is 6.03. The van der Waals surface area contributed by atoms with Crippen LogP contribution in [0.3, 0.4) is 0 Å². The average molecular weight is 424 g/mol. The molecule has 0 N–H and O–H groups in total. The second-order valence-electron chi connectivity index (χ2n) is 8.25. The molecular formula is C26H20N2O4. The third kappa shape index (κ3) is 3.03. The summed E-state index contributed by atoms with van der Waals surface area (Å²) in [6.07, 6.45) is 0. The molecule has 0 aromatic heterocycles. The highest BCUT2D eigenvalue weighted by molar-refractivity contribution is 6.52. The van der Waals surface area contributed by atoms with Crippen molar-refractivity contribution in [3.05, 3.63) is 94.0 Å². The van der Waals surface area contributed by atoms with Crippen LogP contribution in [0.4, 0.5) is 11.4 Å². The van der Waals surface area contributed by atoms with E-state index in [9.17, 15) is 19.2 Å². The Kier molecular flexibility index (Phi) is 4.51. The van der Waals surface area contributed by atoms with Crippen LogP contribution in [0.1, 0.15) is 43.0 Å². The number of hydrogen-bond acceptors (Lipinski definition) is 4. The van der Waals surface area contributed by atoms with E-state index in [4.69, 9.17) is 0 Å². The van der Waals surface area contributed by atoms with E-state index in [0.717, 1.165) is 22.3 Å². The van der Waals surface area contributed by atoms with Crippen molar-refractivity contribution >= 4 is 34.8 Å². The number of ketones is 2. The van der Waals surface area contributed by atoms with Gasteiger partial charge in [-0.15, -0.1) is 0 Å². The van der Waals surface area contributed by atoms with Crippen LogP contribution in [-0.4, -0.2) is 23.4 Å². The molecule has 2 amide bonds. The summed E-state index contributed by atoms with van der Waals surface area (Å²) in [5, 5.41) is 0. The first-order valence-electron chi connectivity index (χ1n) is 10.4. The molecule has 0 bridgehead atoms. The minimum atomic E-state index is -0.561. The zero-order chi connectivity index (χ0) is 22.6. The summed E-state index contributed by atoms with van der Waals surface area (Å²) in [6, 6.07) is 18.2. The Hall–Kier alpha value is -4.06. The number of rotatable bonds is 4. The largest absolute Gasteiger partial charge is 0.300 e. The summed E-state index contributed by atoms with van der Waals surface area (Å²) in [5.41, 5.74) is 5.46. The van der Waals surface area contributed by atoms with E-state index >= 15 is 0 Å². The number of anilines is 2. The zero-order valence-corrected chi connectivity index (χ0v) is 17.7. The Morgan fingerprint density at radius 2 is 1.00 bits per heavy atom. The van der Waals surface area contributed by atoms with Crippen molar-refractivity contribution in [2.75, 3.05) is 9.80 Å². The van der Waals surface area contributed by atoms with Gasteiger partial charge in [0.25, 0.3) is 23.4 Å². The first-order chi connectivity index (χ1) is 15.3. The number of Topliss-reactive ketones (excluding diaryl/α,β-unsaturated/α-hetero) is 2. The Morgan fingerprint density at radius 3 is 1.41 bits per heavy atom. The van der Waals surface area contributed by atoms with Gasteiger partial charge in [-0.05, 0) is 49.2 Å². The maximum Gasteiger partial charge on any atom is 0.299 e. The molecule has 0 unspecified atom stereocenters. The summed E-state index contributed by atoms with van der Waals surface area (Å²) < 4.78 is 0. The minimum Gasteiger partial charge on any atom is -0.300 e. The van der Waals surface area contributed by atoms with Crippen molar-refractivity contribution in [3.63, 3.8) is 0 Å². The first-order valence-corrected chi connectivity index (χ1v) is 10.4. The summed E-state index contributed by atoms with van der Waals surface area (Å²) in [6.45, 7) is 4.16. The normalized spacial score (nSPS) is 14.9. The Bertz CT molecular complexity index is 1240. The van der Waals surface area contributed by atoms with Crippen LogP contribution in [0.15, 0.2) is 60.7 Å². The van der Waals surface area contributed by atoms with Crippen molar-refractivity contribution in [2.24, 2.45) is 0 Å². The fraction of sp³-hybridized carbons (Fsp3) is 0.154. The summed E-state index contributed by atoms with van der Waals surface area (Å²) in [4.78, 5) is 53.3. The van der Waals surface area contributed by atoms with Crippen LogP contribution >= 0.6 is 0 Å². The standard InChI is InChI=1S/C26H20N2O4/c1-15-7-9-21-19(11-15)23(29)25(31)27(21)13-17-5-3-4-6-18(17)14-28-22-10-8-16(2)12-20(22)24(30)26(28)32/h3-12H,13-14H2,1-2H3. The van der Waals surface area contributed by atoms with E-state index in [1.807, 2.05) is 50.2 Å².